The molecule has 1 atom stereocenters. The number of pyridine rings is 1. The monoisotopic (exact) mass is 317 g/mol. The molecule has 4 heteroatoms. The minimum atomic E-state index is -1.04. The Morgan fingerprint density at radius 3 is 2.46 bits per heavy atom. The first kappa shape index (κ1) is 14.5. The molecule has 0 radical (unpaired) electrons. The fourth-order valence-corrected chi connectivity index (χ4v) is 3.12. The highest BCUT2D eigenvalue weighted by Gasteiger charge is 2.51. The summed E-state index contributed by atoms with van der Waals surface area (Å²) in [5.74, 6) is 0.456. The second-order valence-electron chi connectivity index (χ2n) is 5.85. The highest BCUT2D eigenvalue weighted by molar-refractivity contribution is 5.95. The summed E-state index contributed by atoms with van der Waals surface area (Å²) < 4.78 is 5.88. The van der Waals surface area contributed by atoms with E-state index in [2.05, 4.69) is 10.3 Å². The van der Waals surface area contributed by atoms with E-state index in [1.165, 1.54) is 0 Å². The normalized spacial score (nSPS) is 18.8. The summed E-state index contributed by atoms with van der Waals surface area (Å²) in [6.45, 7) is 1.98. The number of anilines is 1. The summed E-state index contributed by atoms with van der Waals surface area (Å²) in [6, 6.07) is 23.1. The van der Waals surface area contributed by atoms with Crippen LogP contribution in [0, 0.1) is 6.92 Å². The van der Waals surface area contributed by atoms with Gasteiger partial charge >= 0.3 is 11.7 Å². The summed E-state index contributed by atoms with van der Waals surface area (Å²) in [5.41, 5.74) is 2.25. The molecular formula is C20H17N2O2+. The Balaban J connectivity index is 1.91. The summed E-state index contributed by atoms with van der Waals surface area (Å²) in [5, 5.41) is 3.40. The van der Waals surface area contributed by atoms with Crippen LogP contribution in [0.5, 0.6) is 0 Å². The van der Waals surface area contributed by atoms with Gasteiger partial charge in [0.2, 0.25) is 0 Å². The molecule has 3 aromatic rings. The highest BCUT2D eigenvalue weighted by Crippen LogP contribution is 2.41. The van der Waals surface area contributed by atoms with Gasteiger partial charge in [0.05, 0.1) is 16.8 Å². The number of benzene rings is 2. The number of cyclic esters (lactones) is 1. The molecule has 4 nitrogen and oxygen atoms in total. The molecule has 2 aromatic carbocycles. The van der Waals surface area contributed by atoms with Gasteiger partial charge in [-0.1, -0.05) is 48.5 Å². The van der Waals surface area contributed by atoms with Crippen molar-refractivity contribution in [1.82, 2.24) is 0 Å². The number of rotatable bonds is 3. The molecule has 0 aliphatic carbocycles. The number of carbonyl (C=O) groups excluding carboxylic acids is 1. The van der Waals surface area contributed by atoms with Crippen molar-refractivity contribution in [3.05, 3.63) is 95.2 Å². The lowest BCUT2D eigenvalue weighted by Crippen LogP contribution is -2.39. The molecule has 0 fully saturated rings. The molecule has 0 unspecified atom stereocenters. The van der Waals surface area contributed by atoms with Crippen LogP contribution in [0.2, 0.25) is 0 Å². The van der Waals surface area contributed by atoms with Crippen LogP contribution in [0.1, 0.15) is 27.2 Å². The average molecular weight is 317 g/mol. The van der Waals surface area contributed by atoms with Crippen LogP contribution >= 0.6 is 0 Å². The van der Waals surface area contributed by atoms with E-state index in [0.29, 0.717) is 5.56 Å². The molecule has 0 saturated heterocycles. The lowest BCUT2D eigenvalue weighted by Gasteiger charge is -2.26. The lowest BCUT2D eigenvalue weighted by atomic mass is 9.93. The second kappa shape index (κ2) is 5.49. The van der Waals surface area contributed by atoms with Crippen molar-refractivity contribution in [1.29, 1.82) is 0 Å². The first-order valence-corrected chi connectivity index (χ1v) is 7.84. The van der Waals surface area contributed by atoms with Crippen molar-refractivity contribution >= 4 is 11.8 Å². The van der Waals surface area contributed by atoms with Gasteiger partial charge in [-0.25, -0.2) is 15.1 Å². The van der Waals surface area contributed by atoms with Crippen molar-refractivity contribution in [2.75, 3.05) is 5.32 Å². The van der Waals surface area contributed by atoms with Gasteiger partial charge in [0, 0.05) is 11.6 Å². The molecule has 1 aliphatic rings. The molecule has 1 aromatic heterocycles. The van der Waals surface area contributed by atoms with Crippen LogP contribution in [0.15, 0.2) is 72.8 Å². The van der Waals surface area contributed by atoms with Gasteiger partial charge in [-0.15, -0.1) is 0 Å². The number of carbonyl (C=O) groups is 1. The quantitative estimate of drug-likeness (QED) is 0.754. The highest BCUT2D eigenvalue weighted by atomic mass is 16.6. The number of hydrogen-bond donors (Lipinski definition) is 1. The number of aromatic amines is 1. The molecular weight excluding hydrogens is 300 g/mol. The topological polar surface area (TPSA) is 52.5 Å². The molecule has 1 aliphatic heterocycles. The van der Waals surface area contributed by atoms with Crippen LogP contribution in [0.4, 0.5) is 5.82 Å². The molecule has 4 rings (SSSR count). The van der Waals surface area contributed by atoms with Crippen molar-refractivity contribution in [2.45, 2.75) is 12.6 Å². The smallest absolute Gasteiger partial charge is 0.342 e. The Bertz CT molecular complexity index is 908. The van der Waals surface area contributed by atoms with E-state index in [0.717, 1.165) is 22.6 Å². The second-order valence-corrected chi connectivity index (χ2v) is 5.85. The van der Waals surface area contributed by atoms with E-state index >= 15 is 0 Å². The van der Waals surface area contributed by atoms with Crippen LogP contribution in [-0.4, -0.2) is 5.97 Å². The van der Waals surface area contributed by atoms with Gasteiger partial charge < -0.3 is 4.74 Å². The standard InChI is InChI=1S/C20H16N2O2/c1-14-8-7-13-18(21-14)22-20(15-9-3-2-4-10-15)17-12-6-5-11-16(17)19(23)24-20/h2-13H,1H3,(H,21,22)/p+1/t20-/m0/s1. The van der Waals surface area contributed by atoms with E-state index in [-0.39, 0.29) is 5.97 Å². The SMILES string of the molecule is Cc1cccc(N[C@@]2(c3ccccc3)OC(=O)c3ccccc32)[nH+]1. The number of fused-ring (bicyclic) bond motifs is 1. The fraction of sp³-hybridized carbons (Fsp3) is 0.100. The van der Waals surface area contributed by atoms with Crippen molar-refractivity contribution in [3.63, 3.8) is 0 Å². The Kier molecular flexibility index (Phi) is 3.31. The molecule has 0 spiro atoms. The van der Waals surface area contributed by atoms with Crippen LogP contribution in [-0.2, 0) is 10.5 Å². The number of H-pyrrole nitrogens is 1. The minimum Gasteiger partial charge on any atom is -0.407 e. The van der Waals surface area contributed by atoms with Gasteiger partial charge in [-0.3, -0.25) is 0 Å². The number of nitrogens with one attached hydrogen (secondary N) is 2. The predicted octanol–water partition coefficient (Wildman–Crippen LogP) is 3.29. The van der Waals surface area contributed by atoms with Gasteiger partial charge in [-0.2, -0.15) is 0 Å². The van der Waals surface area contributed by atoms with Gasteiger partial charge in [0.15, 0.2) is 0 Å². The molecule has 0 bridgehead atoms. The third-order valence-corrected chi connectivity index (χ3v) is 4.20. The Morgan fingerprint density at radius 1 is 0.917 bits per heavy atom. The van der Waals surface area contributed by atoms with Crippen molar-refractivity contribution < 1.29 is 14.5 Å². The largest absolute Gasteiger partial charge is 0.407 e. The predicted molar refractivity (Wildman–Crippen MR) is 90.4 cm³/mol. The van der Waals surface area contributed by atoms with Crippen molar-refractivity contribution in [2.24, 2.45) is 0 Å². The number of aryl methyl sites for hydroxylation is 1. The first-order chi connectivity index (χ1) is 11.7. The molecule has 0 amide bonds. The molecule has 0 saturated carbocycles. The fourth-order valence-electron chi connectivity index (χ4n) is 3.12. The van der Waals surface area contributed by atoms with E-state index in [1.807, 2.05) is 73.7 Å². The van der Waals surface area contributed by atoms with Gasteiger partial charge in [0.1, 0.15) is 0 Å². The summed E-state index contributed by atoms with van der Waals surface area (Å²) in [6.07, 6.45) is 0. The summed E-state index contributed by atoms with van der Waals surface area (Å²) in [4.78, 5) is 15.7. The Morgan fingerprint density at radius 2 is 1.67 bits per heavy atom. The molecule has 2 heterocycles. The van der Waals surface area contributed by atoms with Crippen LogP contribution in [0.3, 0.4) is 0 Å². The number of hydrogen-bond acceptors (Lipinski definition) is 3. The zero-order valence-electron chi connectivity index (χ0n) is 13.2. The maximum atomic E-state index is 12.4. The maximum absolute atomic E-state index is 12.4. The minimum absolute atomic E-state index is 0.324. The molecule has 24 heavy (non-hydrogen) atoms. The summed E-state index contributed by atoms with van der Waals surface area (Å²) >= 11 is 0. The molecule has 2 N–H and O–H groups in total. The van der Waals surface area contributed by atoms with E-state index in [1.54, 1.807) is 6.07 Å². The number of aromatic nitrogens is 1. The zero-order chi connectivity index (χ0) is 16.6. The Hall–Kier alpha value is -3.14. The third kappa shape index (κ3) is 2.24. The first-order valence-electron chi connectivity index (χ1n) is 7.84. The van der Waals surface area contributed by atoms with Gasteiger partial charge in [-0.05, 0) is 25.1 Å². The number of esters is 1. The van der Waals surface area contributed by atoms with Crippen LogP contribution < -0.4 is 10.3 Å². The van der Waals surface area contributed by atoms with Crippen LogP contribution in [0.25, 0.3) is 0 Å². The third-order valence-electron chi connectivity index (χ3n) is 4.20. The Labute approximate surface area is 140 Å². The van der Waals surface area contributed by atoms with Gasteiger partial charge in [0.25, 0.3) is 5.82 Å². The zero-order valence-corrected chi connectivity index (χ0v) is 13.2. The lowest BCUT2D eigenvalue weighted by molar-refractivity contribution is -0.372. The van der Waals surface area contributed by atoms with E-state index in [4.69, 9.17) is 4.74 Å². The van der Waals surface area contributed by atoms with E-state index < -0.39 is 5.72 Å². The molecule has 118 valence electrons. The maximum Gasteiger partial charge on any atom is 0.342 e. The van der Waals surface area contributed by atoms with Crippen molar-refractivity contribution in [3.8, 4) is 0 Å². The summed E-state index contributed by atoms with van der Waals surface area (Å²) in [7, 11) is 0. The van der Waals surface area contributed by atoms with E-state index in [9.17, 15) is 4.79 Å². The average Bonchev–Trinajstić information content (AvgIpc) is 2.89. The number of ether oxygens (including phenoxy) is 1.